The largest absolute Gasteiger partial charge is 0.481 e. The van der Waals surface area contributed by atoms with Crippen LogP contribution in [0.4, 0.5) is 0 Å². The van der Waals surface area contributed by atoms with E-state index in [0.29, 0.717) is 5.92 Å². The molecule has 0 aromatic carbocycles. The van der Waals surface area contributed by atoms with Crippen molar-refractivity contribution < 1.29 is 9.90 Å². The number of rotatable bonds is 2. The fourth-order valence-corrected chi connectivity index (χ4v) is 2.03. The van der Waals surface area contributed by atoms with Gasteiger partial charge in [0.2, 0.25) is 0 Å². The van der Waals surface area contributed by atoms with E-state index in [1.54, 1.807) is 0 Å². The highest BCUT2D eigenvalue weighted by Crippen LogP contribution is 2.31. The predicted molar refractivity (Wildman–Crippen MR) is 42.3 cm³/mol. The first-order valence-electron chi connectivity index (χ1n) is 3.52. The lowest BCUT2D eigenvalue weighted by Gasteiger charge is -2.02. The fourth-order valence-electron chi connectivity index (χ4n) is 1.44. The van der Waals surface area contributed by atoms with E-state index < -0.39 is 5.97 Å². The van der Waals surface area contributed by atoms with E-state index in [2.05, 4.69) is 15.9 Å². The summed E-state index contributed by atoms with van der Waals surface area (Å²) in [6, 6.07) is 0. The van der Waals surface area contributed by atoms with Crippen LogP contribution in [0.1, 0.15) is 19.3 Å². The van der Waals surface area contributed by atoms with Gasteiger partial charge >= 0.3 is 5.97 Å². The molecular formula is C7H11BrO2. The van der Waals surface area contributed by atoms with Crippen molar-refractivity contribution in [2.75, 3.05) is 5.33 Å². The molecule has 1 aliphatic carbocycles. The summed E-state index contributed by atoms with van der Waals surface area (Å²) in [5.74, 6) is -0.0906. The van der Waals surface area contributed by atoms with Gasteiger partial charge in [-0.3, -0.25) is 4.79 Å². The monoisotopic (exact) mass is 206 g/mol. The van der Waals surface area contributed by atoms with Gasteiger partial charge in [0.1, 0.15) is 0 Å². The number of carbonyl (C=O) groups is 1. The van der Waals surface area contributed by atoms with Crippen molar-refractivity contribution in [1.29, 1.82) is 0 Å². The Morgan fingerprint density at radius 3 is 2.60 bits per heavy atom. The van der Waals surface area contributed by atoms with Crippen LogP contribution in [0, 0.1) is 11.8 Å². The highest BCUT2D eigenvalue weighted by Gasteiger charge is 2.28. The minimum absolute atomic E-state index is 0.0671. The number of aliphatic carboxylic acids is 1. The molecule has 3 heteroatoms. The average Bonchev–Trinajstić information content (AvgIpc) is 2.34. The Morgan fingerprint density at radius 1 is 1.60 bits per heavy atom. The number of halogens is 1. The third-order valence-corrected chi connectivity index (χ3v) is 3.02. The molecule has 2 nitrogen and oxygen atoms in total. The number of hydrogen-bond donors (Lipinski definition) is 1. The molecule has 1 fully saturated rings. The molecule has 1 saturated carbocycles. The van der Waals surface area contributed by atoms with Gasteiger partial charge in [-0.1, -0.05) is 15.9 Å². The Hall–Kier alpha value is -0.0500. The zero-order valence-electron chi connectivity index (χ0n) is 5.72. The standard InChI is InChI=1S/C7H11BrO2/c8-4-5-1-2-6(3-5)7(9)10/h5-6H,1-4H2,(H,9,10)/t5-,6+/m0/s1. The smallest absolute Gasteiger partial charge is 0.306 e. The minimum Gasteiger partial charge on any atom is -0.481 e. The molecule has 58 valence electrons. The molecule has 1 rings (SSSR count). The zero-order chi connectivity index (χ0) is 7.56. The van der Waals surface area contributed by atoms with Crippen LogP contribution < -0.4 is 0 Å². The van der Waals surface area contributed by atoms with Crippen LogP contribution in [-0.4, -0.2) is 16.4 Å². The Morgan fingerprint density at radius 2 is 2.30 bits per heavy atom. The summed E-state index contributed by atoms with van der Waals surface area (Å²) >= 11 is 3.36. The molecule has 0 radical (unpaired) electrons. The molecule has 1 N–H and O–H groups in total. The van der Waals surface area contributed by atoms with Crippen LogP contribution in [0.5, 0.6) is 0 Å². The molecule has 10 heavy (non-hydrogen) atoms. The second kappa shape index (κ2) is 3.37. The van der Waals surface area contributed by atoms with Crippen LogP contribution >= 0.6 is 15.9 Å². The van der Waals surface area contributed by atoms with Crippen molar-refractivity contribution >= 4 is 21.9 Å². The maximum atomic E-state index is 10.4. The second-order valence-electron chi connectivity index (χ2n) is 2.87. The Balaban J connectivity index is 2.35. The maximum absolute atomic E-state index is 10.4. The highest BCUT2D eigenvalue weighted by atomic mass is 79.9. The highest BCUT2D eigenvalue weighted by molar-refractivity contribution is 9.09. The number of alkyl halides is 1. The lowest BCUT2D eigenvalue weighted by Crippen LogP contribution is -2.09. The summed E-state index contributed by atoms with van der Waals surface area (Å²) in [6.07, 6.45) is 2.80. The lowest BCUT2D eigenvalue weighted by atomic mass is 10.1. The van der Waals surface area contributed by atoms with Crippen molar-refractivity contribution in [2.45, 2.75) is 19.3 Å². The third kappa shape index (κ3) is 1.72. The molecular weight excluding hydrogens is 196 g/mol. The molecule has 0 bridgehead atoms. The van der Waals surface area contributed by atoms with Crippen molar-refractivity contribution in [1.82, 2.24) is 0 Å². The average molecular weight is 207 g/mol. The van der Waals surface area contributed by atoms with Crippen molar-refractivity contribution in [2.24, 2.45) is 11.8 Å². The first-order chi connectivity index (χ1) is 4.74. The molecule has 0 amide bonds. The van der Waals surface area contributed by atoms with Gasteiger partial charge in [-0.15, -0.1) is 0 Å². The van der Waals surface area contributed by atoms with Crippen LogP contribution in [-0.2, 0) is 4.79 Å². The van der Waals surface area contributed by atoms with Gasteiger partial charge < -0.3 is 5.11 Å². The first kappa shape index (κ1) is 8.05. The van der Waals surface area contributed by atoms with E-state index in [1.165, 1.54) is 0 Å². The summed E-state index contributed by atoms with van der Waals surface area (Å²) in [4.78, 5) is 10.4. The number of hydrogen-bond acceptors (Lipinski definition) is 1. The normalized spacial score (nSPS) is 32.5. The van der Waals surface area contributed by atoms with Gasteiger partial charge in [0.15, 0.2) is 0 Å². The third-order valence-electron chi connectivity index (χ3n) is 2.11. The van der Waals surface area contributed by atoms with Crippen LogP contribution in [0.2, 0.25) is 0 Å². The van der Waals surface area contributed by atoms with E-state index >= 15 is 0 Å². The molecule has 2 atom stereocenters. The summed E-state index contributed by atoms with van der Waals surface area (Å²) in [5.41, 5.74) is 0. The van der Waals surface area contributed by atoms with Gasteiger partial charge in [0.25, 0.3) is 0 Å². The molecule has 1 aliphatic rings. The summed E-state index contributed by atoms with van der Waals surface area (Å²) in [5, 5.41) is 9.57. The fraction of sp³-hybridized carbons (Fsp3) is 0.857. The van der Waals surface area contributed by atoms with E-state index in [0.717, 1.165) is 24.6 Å². The molecule has 0 heterocycles. The van der Waals surface area contributed by atoms with Crippen molar-refractivity contribution in [3.8, 4) is 0 Å². The zero-order valence-corrected chi connectivity index (χ0v) is 7.30. The number of carboxylic acids is 1. The van der Waals surface area contributed by atoms with E-state index in [1.807, 2.05) is 0 Å². The van der Waals surface area contributed by atoms with Gasteiger partial charge in [-0.2, -0.15) is 0 Å². The van der Waals surface area contributed by atoms with Crippen molar-refractivity contribution in [3.05, 3.63) is 0 Å². The molecule has 0 unspecified atom stereocenters. The van der Waals surface area contributed by atoms with E-state index in [9.17, 15) is 4.79 Å². The van der Waals surface area contributed by atoms with Crippen LogP contribution in [0.3, 0.4) is 0 Å². The first-order valence-corrected chi connectivity index (χ1v) is 4.65. The molecule has 0 aromatic rings. The topological polar surface area (TPSA) is 37.3 Å². The van der Waals surface area contributed by atoms with Gasteiger partial charge in [-0.05, 0) is 25.2 Å². The quantitative estimate of drug-likeness (QED) is 0.702. The van der Waals surface area contributed by atoms with E-state index in [-0.39, 0.29) is 5.92 Å². The second-order valence-corrected chi connectivity index (χ2v) is 3.52. The summed E-state index contributed by atoms with van der Waals surface area (Å²) < 4.78 is 0. The van der Waals surface area contributed by atoms with Gasteiger partial charge in [-0.25, -0.2) is 0 Å². The van der Waals surface area contributed by atoms with Crippen molar-refractivity contribution in [3.63, 3.8) is 0 Å². The summed E-state index contributed by atoms with van der Waals surface area (Å²) in [6.45, 7) is 0. The molecule has 0 aromatic heterocycles. The molecule has 0 aliphatic heterocycles. The van der Waals surface area contributed by atoms with E-state index in [4.69, 9.17) is 5.11 Å². The summed E-state index contributed by atoms with van der Waals surface area (Å²) in [7, 11) is 0. The van der Waals surface area contributed by atoms with Crippen LogP contribution in [0.15, 0.2) is 0 Å². The van der Waals surface area contributed by atoms with Gasteiger partial charge in [0, 0.05) is 5.33 Å². The Labute approximate surface area is 68.7 Å². The Bertz CT molecular complexity index is 136. The van der Waals surface area contributed by atoms with Gasteiger partial charge in [0.05, 0.1) is 5.92 Å². The predicted octanol–water partition coefficient (Wildman–Crippen LogP) is 1.88. The molecule has 0 saturated heterocycles. The SMILES string of the molecule is O=C(O)[C@@H]1CC[C@H](CBr)C1. The minimum atomic E-state index is -0.622. The Kier molecular flexibility index (Phi) is 2.72. The molecule has 0 spiro atoms. The lowest BCUT2D eigenvalue weighted by molar-refractivity contribution is -0.141. The maximum Gasteiger partial charge on any atom is 0.306 e. The van der Waals surface area contributed by atoms with Crippen LogP contribution in [0.25, 0.3) is 0 Å². The number of carboxylic acid groups (broad SMARTS) is 1.